The van der Waals surface area contributed by atoms with Crippen molar-refractivity contribution in [3.63, 3.8) is 0 Å². The quantitative estimate of drug-likeness (QED) is 0.821. The molecule has 1 aliphatic carbocycles. The highest BCUT2D eigenvalue weighted by Crippen LogP contribution is 2.31. The Hall–Kier alpha value is -1.98. The van der Waals surface area contributed by atoms with E-state index in [2.05, 4.69) is 5.32 Å². The summed E-state index contributed by atoms with van der Waals surface area (Å²) in [5.41, 5.74) is 1.49. The first-order valence-corrected chi connectivity index (χ1v) is 9.93. The third-order valence-corrected chi connectivity index (χ3v) is 6.09. The summed E-state index contributed by atoms with van der Waals surface area (Å²) in [6, 6.07) is 6.20. The number of aryl methyl sites for hydroxylation is 1. The number of halogens is 2. The highest BCUT2D eigenvalue weighted by molar-refractivity contribution is 6.42. The summed E-state index contributed by atoms with van der Waals surface area (Å²) in [5, 5.41) is 3.85. The second-order valence-corrected chi connectivity index (χ2v) is 7.85. The van der Waals surface area contributed by atoms with Crippen molar-refractivity contribution in [2.24, 2.45) is 0 Å². The van der Waals surface area contributed by atoms with Crippen molar-refractivity contribution < 1.29 is 14.0 Å². The second kappa shape index (κ2) is 7.56. The van der Waals surface area contributed by atoms with Crippen LogP contribution in [0.4, 0.5) is 0 Å². The Morgan fingerprint density at radius 3 is 2.78 bits per heavy atom. The van der Waals surface area contributed by atoms with Crippen LogP contribution in [0.1, 0.15) is 53.4 Å². The Bertz CT molecular complexity index is 880. The van der Waals surface area contributed by atoms with Gasteiger partial charge in [0.25, 0.3) is 5.91 Å². The Morgan fingerprint density at radius 1 is 1.11 bits per heavy atom. The summed E-state index contributed by atoms with van der Waals surface area (Å²) in [6.07, 6.45) is 5.88. The van der Waals surface area contributed by atoms with Crippen LogP contribution in [0, 0.1) is 0 Å². The number of carbonyl (C=O) groups is 2. The molecule has 1 aliphatic heterocycles. The first-order valence-electron chi connectivity index (χ1n) is 9.17. The van der Waals surface area contributed by atoms with E-state index >= 15 is 0 Å². The van der Waals surface area contributed by atoms with Crippen LogP contribution in [0.15, 0.2) is 34.9 Å². The van der Waals surface area contributed by atoms with Gasteiger partial charge >= 0.3 is 0 Å². The minimum absolute atomic E-state index is 0.0532. The van der Waals surface area contributed by atoms with Crippen LogP contribution in [-0.2, 0) is 11.2 Å². The fourth-order valence-corrected chi connectivity index (χ4v) is 4.28. The molecule has 0 spiro atoms. The first-order chi connectivity index (χ1) is 13.0. The molecule has 142 valence electrons. The number of nitrogens with zero attached hydrogens (tertiary/aromatic N) is 1. The van der Waals surface area contributed by atoms with E-state index in [0.29, 0.717) is 28.6 Å². The molecule has 2 heterocycles. The fraction of sp³-hybridized carbons (Fsp3) is 0.400. The summed E-state index contributed by atoms with van der Waals surface area (Å²) >= 11 is 12.0. The van der Waals surface area contributed by atoms with E-state index in [-0.39, 0.29) is 17.9 Å². The molecule has 2 amide bonds. The number of benzene rings is 1. The van der Waals surface area contributed by atoms with Gasteiger partial charge in [-0.3, -0.25) is 9.59 Å². The number of nitrogens with one attached hydrogen (secondary N) is 1. The van der Waals surface area contributed by atoms with Crippen molar-refractivity contribution in [2.75, 3.05) is 6.54 Å². The normalized spacial score (nSPS) is 21.8. The minimum Gasteiger partial charge on any atom is -0.469 e. The van der Waals surface area contributed by atoms with Gasteiger partial charge in [-0.15, -0.1) is 0 Å². The van der Waals surface area contributed by atoms with Gasteiger partial charge in [-0.05, 0) is 49.9 Å². The molecule has 2 aromatic rings. The molecule has 1 fully saturated rings. The summed E-state index contributed by atoms with van der Waals surface area (Å²) in [5.74, 6) is 0.639. The molecule has 1 saturated heterocycles. The lowest BCUT2D eigenvalue weighted by molar-refractivity contribution is -0.125. The molecule has 2 unspecified atom stereocenters. The maximum absolute atomic E-state index is 12.9. The Labute approximate surface area is 167 Å². The first kappa shape index (κ1) is 18.4. The van der Waals surface area contributed by atoms with Crippen LogP contribution in [0.2, 0.25) is 10.0 Å². The number of carbonyl (C=O) groups excluding carboxylic acids is 2. The molecule has 5 nitrogen and oxygen atoms in total. The zero-order chi connectivity index (χ0) is 19.0. The number of fused-ring (bicyclic) bond motifs is 1. The lowest BCUT2D eigenvalue weighted by atomic mass is 9.93. The van der Waals surface area contributed by atoms with E-state index in [1.807, 2.05) is 6.07 Å². The Morgan fingerprint density at radius 2 is 1.96 bits per heavy atom. The zero-order valence-electron chi connectivity index (χ0n) is 14.7. The maximum atomic E-state index is 12.9. The topological polar surface area (TPSA) is 62.6 Å². The van der Waals surface area contributed by atoms with Gasteiger partial charge in [0.05, 0.1) is 22.4 Å². The second-order valence-electron chi connectivity index (χ2n) is 7.04. The third-order valence-electron chi connectivity index (χ3n) is 5.35. The van der Waals surface area contributed by atoms with Gasteiger partial charge in [-0.25, -0.2) is 0 Å². The van der Waals surface area contributed by atoms with Crippen molar-refractivity contribution >= 4 is 35.0 Å². The average Bonchev–Trinajstić information content (AvgIpc) is 3.33. The minimum atomic E-state index is -0.468. The third kappa shape index (κ3) is 3.58. The van der Waals surface area contributed by atoms with Crippen molar-refractivity contribution in [3.05, 3.63) is 57.5 Å². The van der Waals surface area contributed by atoms with Gasteiger partial charge < -0.3 is 14.6 Å². The zero-order valence-corrected chi connectivity index (χ0v) is 16.2. The van der Waals surface area contributed by atoms with Crippen LogP contribution in [0.5, 0.6) is 0 Å². The van der Waals surface area contributed by atoms with Gasteiger partial charge in [-0.2, -0.15) is 0 Å². The summed E-state index contributed by atoms with van der Waals surface area (Å²) in [7, 11) is 0. The van der Waals surface area contributed by atoms with Crippen LogP contribution < -0.4 is 5.32 Å². The van der Waals surface area contributed by atoms with Crippen molar-refractivity contribution in [1.82, 2.24) is 10.2 Å². The molecule has 1 N–H and O–H groups in total. The van der Waals surface area contributed by atoms with Crippen LogP contribution >= 0.6 is 23.2 Å². The molecule has 4 rings (SSSR count). The fourth-order valence-electron chi connectivity index (χ4n) is 3.98. The molecule has 0 bridgehead atoms. The van der Waals surface area contributed by atoms with E-state index in [1.54, 1.807) is 29.4 Å². The lowest BCUT2D eigenvalue weighted by Crippen LogP contribution is -2.47. The molecule has 2 aliphatic rings. The van der Waals surface area contributed by atoms with Gasteiger partial charge in [-0.1, -0.05) is 23.2 Å². The van der Waals surface area contributed by atoms with Gasteiger partial charge in [0.1, 0.15) is 11.8 Å². The molecule has 27 heavy (non-hydrogen) atoms. The maximum Gasteiger partial charge on any atom is 0.254 e. The van der Waals surface area contributed by atoms with Crippen LogP contribution in [-0.4, -0.2) is 29.3 Å². The summed E-state index contributed by atoms with van der Waals surface area (Å²) < 4.78 is 5.49. The molecule has 7 heteroatoms. The van der Waals surface area contributed by atoms with Crippen LogP contribution in [0.25, 0.3) is 0 Å². The average molecular weight is 407 g/mol. The SMILES string of the molecule is O=C(NC1CCCc2occc21)C1CCCN1C(=O)c1ccc(Cl)c(Cl)c1. The Kier molecular flexibility index (Phi) is 5.15. The highest BCUT2D eigenvalue weighted by atomic mass is 35.5. The lowest BCUT2D eigenvalue weighted by Gasteiger charge is -2.28. The monoisotopic (exact) mass is 406 g/mol. The molecular formula is C20H20Cl2N2O3. The largest absolute Gasteiger partial charge is 0.469 e. The summed E-state index contributed by atoms with van der Waals surface area (Å²) in [6.45, 7) is 0.554. The van der Waals surface area contributed by atoms with Crippen molar-refractivity contribution in [3.8, 4) is 0 Å². The van der Waals surface area contributed by atoms with E-state index in [4.69, 9.17) is 27.6 Å². The Balaban J connectivity index is 1.49. The molecule has 2 atom stereocenters. The van der Waals surface area contributed by atoms with Gasteiger partial charge in [0.15, 0.2) is 0 Å². The predicted octanol–water partition coefficient (Wildman–Crippen LogP) is 4.38. The van der Waals surface area contributed by atoms with E-state index in [0.717, 1.165) is 37.0 Å². The van der Waals surface area contributed by atoms with Gasteiger partial charge in [0.2, 0.25) is 5.91 Å². The molecule has 1 aromatic carbocycles. The number of likely N-dealkylation sites (tertiary alicyclic amines) is 1. The molecule has 1 aromatic heterocycles. The van der Waals surface area contributed by atoms with E-state index < -0.39 is 6.04 Å². The number of amides is 2. The highest BCUT2D eigenvalue weighted by Gasteiger charge is 2.36. The smallest absolute Gasteiger partial charge is 0.254 e. The van der Waals surface area contributed by atoms with Crippen molar-refractivity contribution in [1.29, 1.82) is 0 Å². The number of furan rings is 1. The molecular weight excluding hydrogens is 387 g/mol. The molecule has 0 radical (unpaired) electrons. The number of hydrogen-bond acceptors (Lipinski definition) is 3. The summed E-state index contributed by atoms with van der Waals surface area (Å²) in [4.78, 5) is 27.5. The number of hydrogen-bond donors (Lipinski definition) is 1. The van der Waals surface area contributed by atoms with Crippen molar-refractivity contribution in [2.45, 2.75) is 44.2 Å². The van der Waals surface area contributed by atoms with Gasteiger partial charge in [0, 0.05) is 24.1 Å². The van der Waals surface area contributed by atoms with E-state index in [9.17, 15) is 9.59 Å². The van der Waals surface area contributed by atoms with Crippen LogP contribution in [0.3, 0.4) is 0 Å². The van der Waals surface area contributed by atoms with E-state index in [1.165, 1.54) is 0 Å². The molecule has 0 saturated carbocycles. The number of rotatable bonds is 3. The predicted molar refractivity (Wildman–Crippen MR) is 103 cm³/mol. The standard InChI is InChI=1S/C20H20Cl2N2O3/c21-14-7-6-12(11-15(14)22)20(26)24-9-2-4-17(24)19(25)23-16-3-1-5-18-13(16)8-10-27-18/h6-8,10-11,16-17H,1-5,9H2,(H,23,25).